The van der Waals surface area contributed by atoms with Crippen molar-refractivity contribution in [2.75, 3.05) is 0 Å². The van der Waals surface area contributed by atoms with Gasteiger partial charge in [-0.05, 0) is 12.5 Å². The van der Waals surface area contributed by atoms with Crippen LogP contribution in [0, 0.1) is 6.92 Å². The van der Waals surface area contributed by atoms with Gasteiger partial charge in [0.15, 0.2) is 4.96 Å². The van der Waals surface area contributed by atoms with E-state index in [4.69, 9.17) is 16.3 Å². The van der Waals surface area contributed by atoms with Gasteiger partial charge < -0.3 is 4.74 Å². The number of aromatic nitrogens is 4. The summed E-state index contributed by atoms with van der Waals surface area (Å²) in [5.41, 5.74) is 1.87. The fraction of sp³-hybridized carbons (Fsp3) is 0.158. The maximum absolute atomic E-state index is 12.6. The van der Waals surface area contributed by atoms with Gasteiger partial charge in [-0.3, -0.25) is 9.20 Å². The van der Waals surface area contributed by atoms with Crippen molar-refractivity contribution in [1.82, 2.24) is 19.2 Å². The Morgan fingerprint density at radius 2 is 2.07 bits per heavy atom. The summed E-state index contributed by atoms with van der Waals surface area (Å²) in [5.74, 6) is -0.602. The third-order valence-electron chi connectivity index (χ3n) is 4.15. The molecule has 1 aromatic carbocycles. The van der Waals surface area contributed by atoms with Crippen molar-refractivity contribution < 1.29 is 9.53 Å². The minimum Gasteiger partial charge on any atom is -0.455 e. The minimum absolute atomic E-state index is 0.123. The number of carbonyl (C=O) groups is 1. The number of thiazole rings is 1. The van der Waals surface area contributed by atoms with Gasteiger partial charge in [0.2, 0.25) is 0 Å². The van der Waals surface area contributed by atoms with Crippen LogP contribution in [0.2, 0.25) is 5.15 Å². The second-order valence-corrected chi connectivity index (χ2v) is 7.34. The zero-order valence-corrected chi connectivity index (χ0v) is 16.4. The van der Waals surface area contributed by atoms with Crippen molar-refractivity contribution in [2.24, 2.45) is 0 Å². The summed E-state index contributed by atoms with van der Waals surface area (Å²) in [6.45, 7) is 2.02. The number of esters is 1. The zero-order valence-electron chi connectivity index (χ0n) is 14.8. The molecule has 4 rings (SSSR count). The molecule has 3 aromatic heterocycles. The summed E-state index contributed by atoms with van der Waals surface area (Å²) in [7, 11) is 0. The largest absolute Gasteiger partial charge is 0.455 e. The van der Waals surface area contributed by atoms with E-state index in [9.17, 15) is 9.59 Å². The Bertz CT molecular complexity index is 1210. The molecule has 0 N–H and O–H groups in total. The number of fused-ring (bicyclic) bond motifs is 1. The zero-order chi connectivity index (χ0) is 19.7. The van der Waals surface area contributed by atoms with Crippen LogP contribution in [-0.2, 0) is 17.9 Å². The standard InChI is InChI=1S/C19H15ClN4O3S/c1-12-16(17(20)24(22-12)10-13-5-3-2-4-6-13)18(26)27-11-14-9-15(25)23-7-8-28-19(23)21-14/h2-9H,10-11H2,1H3. The van der Waals surface area contributed by atoms with E-state index in [-0.39, 0.29) is 22.9 Å². The smallest absolute Gasteiger partial charge is 0.343 e. The van der Waals surface area contributed by atoms with Crippen LogP contribution >= 0.6 is 22.9 Å². The minimum atomic E-state index is -0.602. The topological polar surface area (TPSA) is 78.5 Å². The first kappa shape index (κ1) is 18.4. The molecule has 0 radical (unpaired) electrons. The van der Waals surface area contributed by atoms with Crippen LogP contribution in [0.1, 0.15) is 27.3 Å². The molecule has 0 fully saturated rings. The Balaban J connectivity index is 1.52. The lowest BCUT2D eigenvalue weighted by Gasteiger charge is -2.05. The van der Waals surface area contributed by atoms with Gasteiger partial charge in [-0.25, -0.2) is 14.5 Å². The molecule has 0 aliphatic heterocycles. The molecule has 3 heterocycles. The van der Waals surface area contributed by atoms with Crippen LogP contribution in [0.3, 0.4) is 0 Å². The first-order valence-corrected chi connectivity index (χ1v) is 9.68. The molecule has 9 heteroatoms. The lowest BCUT2D eigenvalue weighted by Crippen LogP contribution is -2.15. The van der Waals surface area contributed by atoms with Gasteiger partial charge in [-0.15, -0.1) is 11.3 Å². The lowest BCUT2D eigenvalue weighted by molar-refractivity contribution is 0.0467. The van der Waals surface area contributed by atoms with Crippen molar-refractivity contribution in [3.05, 3.63) is 86.0 Å². The second kappa shape index (κ2) is 7.57. The molecule has 0 unspecified atom stereocenters. The van der Waals surface area contributed by atoms with Gasteiger partial charge >= 0.3 is 5.97 Å². The van der Waals surface area contributed by atoms with Crippen LogP contribution in [0.5, 0.6) is 0 Å². The van der Waals surface area contributed by atoms with Crippen molar-refractivity contribution in [3.63, 3.8) is 0 Å². The molecule has 0 aliphatic rings. The number of ether oxygens (including phenoxy) is 1. The van der Waals surface area contributed by atoms with Crippen molar-refractivity contribution in [2.45, 2.75) is 20.1 Å². The maximum Gasteiger partial charge on any atom is 0.343 e. The lowest BCUT2D eigenvalue weighted by atomic mass is 10.2. The van der Waals surface area contributed by atoms with Crippen molar-refractivity contribution in [3.8, 4) is 0 Å². The Hall–Kier alpha value is -2.97. The number of rotatable bonds is 5. The number of carbonyl (C=O) groups excluding carboxylic acids is 1. The van der Waals surface area contributed by atoms with E-state index in [1.807, 2.05) is 30.3 Å². The number of benzene rings is 1. The highest BCUT2D eigenvalue weighted by Gasteiger charge is 2.22. The molecule has 0 amide bonds. The number of hydrogen-bond donors (Lipinski definition) is 0. The van der Waals surface area contributed by atoms with Gasteiger partial charge in [0.1, 0.15) is 17.3 Å². The highest BCUT2D eigenvalue weighted by molar-refractivity contribution is 7.15. The predicted octanol–water partition coefficient (Wildman–Crippen LogP) is 3.32. The van der Waals surface area contributed by atoms with Crippen LogP contribution < -0.4 is 5.56 Å². The Morgan fingerprint density at radius 3 is 2.86 bits per heavy atom. The molecule has 7 nitrogen and oxygen atoms in total. The SMILES string of the molecule is Cc1nn(Cc2ccccc2)c(Cl)c1C(=O)OCc1cc(=O)n2ccsc2n1. The summed E-state index contributed by atoms with van der Waals surface area (Å²) in [5, 5.41) is 6.33. The van der Waals surface area contributed by atoms with E-state index in [1.165, 1.54) is 21.8 Å². The van der Waals surface area contributed by atoms with E-state index in [0.717, 1.165) is 5.56 Å². The normalized spacial score (nSPS) is 11.1. The Labute approximate surface area is 168 Å². The van der Waals surface area contributed by atoms with Gasteiger partial charge in [0.05, 0.1) is 17.9 Å². The molecule has 0 atom stereocenters. The van der Waals surface area contributed by atoms with E-state index in [1.54, 1.807) is 23.2 Å². The first-order chi connectivity index (χ1) is 13.5. The fourth-order valence-electron chi connectivity index (χ4n) is 2.82. The van der Waals surface area contributed by atoms with Gasteiger partial charge in [-0.1, -0.05) is 41.9 Å². The Morgan fingerprint density at radius 1 is 1.29 bits per heavy atom. The van der Waals surface area contributed by atoms with E-state index < -0.39 is 5.97 Å². The monoisotopic (exact) mass is 414 g/mol. The summed E-state index contributed by atoms with van der Waals surface area (Å²) in [6.07, 6.45) is 1.65. The predicted molar refractivity (Wildman–Crippen MR) is 106 cm³/mol. The van der Waals surface area contributed by atoms with Gasteiger partial charge in [-0.2, -0.15) is 5.10 Å². The molecular weight excluding hydrogens is 400 g/mol. The molecule has 0 aliphatic carbocycles. The third kappa shape index (κ3) is 3.56. The number of hydrogen-bond acceptors (Lipinski definition) is 6. The molecule has 142 valence electrons. The van der Waals surface area contributed by atoms with Crippen LogP contribution in [0.15, 0.2) is 52.8 Å². The fourth-order valence-corrected chi connectivity index (χ4v) is 3.87. The van der Waals surface area contributed by atoms with E-state index >= 15 is 0 Å². The number of aryl methyl sites for hydroxylation is 1. The Kier molecular flexibility index (Phi) is 4.97. The van der Waals surface area contributed by atoms with Crippen LogP contribution in [-0.4, -0.2) is 25.1 Å². The van der Waals surface area contributed by atoms with Crippen molar-refractivity contribution >= 4 is 33.9 Å². The van der Waals surface area contributed by atoms with Gasteiger partial charge in [0, 0.05) is 17.6 Å². The average Bonchev–Trinajstić information content (AvgIpc) is 3.26. The van der Waals surface area contributed by atoms with Crippen LogP contribution in [0.4, 0.5) is 0 Å². The second-order valence-electron chi connectivity index (χ2n) is 6.11. The third-order valence-corrected chi connectivity index (χ3v) is 5.29. The summed E-state index contributed by atoms with van der Waals surface area (Å²) < 4.78 is 8.33. The number of halogens is 1. The summed E-state index contributed by atoms with van der Waals surface area (Å²) >= 11 is 7.71. The molecule has 0 bridgehead atoms. The average molecular weight is 415 g/mol. The van der Waals surface area contributed by atoms with Crippen molar-refractivity contribution in [1.29, 1.82) is 0 Å². The van der Waals surface area contributed by atoms with Gasteiger partial charge in [0.25, 0.3) is 5.56 Å². The van der Waals surface area contributed by atoms with E-state index in [0.29, 0.717) is 22.9 Å². The quantitative estimate of drug-likeness (QED) is 0.468. The number of nitrogens with zero attached hydrogens (tertiary/aromatic N) is 4. The maximum atomic E-state index is 12.6. The highest BCUT2D eigenvalue weighted by atomic mass is 35.5. The highest BCUT2D eigenvalue weighted by Crippen LogP contribution is 2.22. The molecule has 0 saturated carbocycles. The molecule has 0 spiro atoms. The van der Waals surface area contributed by atoms with E-state index in [2.05, 4.69) is 10.1 Å². The molecule has 0 saturated heterocycles. The summed E-state index contributed by atoms with van der Waals surface area (Å²) in [6, 6.07) is 11.0. The molecule has 28 heavy (non-hydrogen) atoms. The first-order valence-electron chi connectivity index (χ1n) is 8.42. The molecular formula is C19H15ClN4O3S. The summed E-state index contributed by atoms with van der Waals surface area (Å²) in [4.78, 5) is 29.4. The van der Waals surface area contributed by atoms with Crippen LogP contribution in [0.25, 0.3) is 4.96 Å². The molecule has 4 aromatic rings.